The average Bonchev–Trinajstić information content (AvgIpc) is 3.57. The van der Waals surface area contributed by atoms with Crippen molar-refractivity contribution in [2.75, 3.05) is 0 Å². The summed E-state index contributed by atoms with van der Waals surface area (Å²) < 4.78 is 6.45. The van der Waals surface area contributed by atoms with E-state index in [1.54, 1.807) is 0 Å². The van der Waals surface area contributed by atoms with Gasteiger partial charge in [-0.1, -0.05) is 152 Å². The van der Waals surface area contributed by atoms with Gasteiger partial charge in [0.2, 0.25) is 0 Å². The first kappa shape index (κ1) is 29.0. The van der Waals surface area contributed by atoms with E-state index in [2.05, 4.69) is 152 Å². The van der Waals surface area contributed by atoms with Gasteiger partial charge in [-0.05, 0) is 52.8 Å². The molecule has 2 aliphatic rings. The van der Waals surface area contributed by atoms with E-state index in [-0.39, 0.29) is 11.8 Å². The van der Waals surface area contributed by atoms with Crippen LogP contribution < -0.4 is 0 Å². The van der Waals surface area contributed by atoms with Gasteiger partial charge in [-0.2, -0.15) is 0 Å². The van der Waals surface area contributed by atoms with Gasteiger partial charge < -0.3 is 4.42 Å². The molecule has 4 heteroatoms. The highest BCUT2D eigenvalue weighted by Crippen LogP contribution is 2.41. The van der Waals surface area contributed by atoms with E-state index in [1.165, 1.54) is 27.8 Å². The molecule has 2 unspecified atom stereocenters. The summed E-state index contributed by atoms with van der Waals surface area (Å²) >= 11 is 0. The number of allylic oxidation sites excluding steroid dienone is 5. The van der Waals surface area contributed by atoms with Crippen LogP contribution in [0.1, 0.15) is 41.0 Å². The quantitative estimate of drug-likeness (QED) is 0.183. The van der Waals surface area contributed by atoms with Crippen LogP contribution >= 0.6 is 0 Å². The molecule has 234 valence electrons. The second-order valence-corrected chi connectivity index (χ2v) is 12.7. The van der Waals surface area contributed by atoms with Crippen molar-refractivity contribution in [3.05, 3.63) is 180 Å². The van der Waals surface area contributed by atoms with Crippen LogP contribution in [0.3, 0.4) is 0 Å². The number of furan rings is 1. The molecule has 2 atom stereocenters. The molecule has 2 aromatic heterocycles. The lowest BCUT2D eigenvalue weighted by atomic mass is 9.85. The van der Waals surface area contributed by atoms with E-state index in [0.717, 1.165) is 52.1 Å². The lowest BCUT2D eigenvalue weighted by molar-refractivity contribution is 0.591. The Labute approximate surface area is 285 Å². The molecule has 9 rings (SSSR count). The van der Waals surface area contributed by atoms with Crippen LogP contribution in [0.2, 0.25) is 0 Å². The molecule has 5 aromatic carbocycles. The van der Waals surface area contributed by atoms with Crippen molar-refractivity contribution in [2.45, 2.75) is 24.7 Å². The number of fused-ring (bicyclic) bond motifs is 3. The number of rotatable bonds is 6. The van der Waals surface area contributed by atoms with E-state index in [0.29, 0.717) is 11.6 Å². The van der Waals surface area contributed by atoms with Crippen LogP contribution in [-0.2, 0) is 6.42 Å². The molecule has 0 fully saturated rings. The first-order chi connectivity index (χ1) is 24.3. The van der Waals surface area contributed by atoms with Crippen LogP contribution in [0.25, 0.3) is 62.1 Å². The van der Waals surface area contributed by atoms with Crippen LogP contribution in [-0.4, -0.2) is 15.0 Å². The van der Waals surface area contributed by atoms with Gasteiger partial charge in [-0.3, -0.25) is 0 Å². The number of benzene rings is 5. The molecule has 0 amide bonds. The van der Waals surface area contributed by atoms with E-state index < -0.39 is 0 Å². The van der Waals surface area contributed by atoms with Crippen molar-refractivity contribution in [3.63, 3.8) is 0 Å². The molecule has 0 saturated carbocycles. The highest BCUT2D eigenvalue weighted by atomic mass is 16.3. The van der Waals surface area contributed by atoms with Crippen LogP contribution in [0.4, 0.5) is 0 Å². The Kier molecular flexibility index (Phi) is 7.39. The number of nitrogens with zero attached hydrogens (tertiary/aromatic N) is 3. The summed E-state index contributed by atoms with van der Waals surface area (Å²) in [7, 11) is 0. The molecule has 0 aliphatic heterocycles. The molecule has 0 saturated heterocycles. The minimum atomic E-state index is 0.0812. The van der Waals surface area contributed by atoms with Crippen LogP contribution in [0, 0.1) is 0 Å². The minimum absolute atomic E-state index is 0.0812. The zero-order valence-electron chi connectivity index (χ0n) is 26.9. The van der Waals surface area contributed by atoms with Crippen molar-refractivity contribution in [1.29, 1.82) is 0 Å². The van der Waals surface area contributed by atoms with Gasteiger partial charge in [-0.25, -0.2) is 15.0 Å². The van der Waals surface area contributed by atoms with E-state index in [1.807, 2.05) is 12.1 Å². The van der Waals surface area contributed by atoms with Crippen molar-refractivity contribution in [3.8, 4) is 45.0 Å². The Hall–Kier alpha value is -6.13. The van der Waals surface area contributed by atoms with Gasteiger partial charge in [0.15, 0.2) is 11.6 Å². The average molecular weight is 632 g/mol. The lowest BCUT2D eigenvalue weighted by Gasteiger charge is -2.18. The molecular formula is C45H33N3O. The zero-order chi connectivity index (χ0) is 32.6. The molecule has 49 heavy (non-hydrogen) atoms. The van der Waals surface area contributed by atoms with Gasteiger partial charge >= 0.3 is 0 Å². The fourth-order valence-electron chi connectivity index (χ4n) is 7.05. The molecular weight excluding hydrogens is 599 g/mol. The number of hydrogen-bond donors (Lipinski definition) is 0. The normalized spacial score (nSPS) is 16.6. The first-order valence-corrected chi connectivity index (χ1v) is 16.9. The predicted molar refractivity (Wildman–Crippen MR) is 199 cm³/mol. The first-order valence-electron chi connectivity index (χ1n) is 16.9. The SMILES string of the molecule is C1=CCC(c2nc(-c3ccc(-c4ccccc4)cc3)nc(-c3cccc4oc5c(c34)CC(c3ccc(-c4ccccc4)cc3)C=C5)n2)C=C1. The maximum atomic E-state index is 6.45. The molecule has 4 nitrogen and oxygen atoms in total. The smallest absolute Gasteiger partial charge is 0.164 e. The third-order valence-corrected chi connectivity index (χ3v) is 9.65. The highest BCUT2D eigenvalue weighted by molar-refractivity contribution is 5.97. The second kappa shape index (κ2) is 12.5. The maximum Gasteiger partial charge on any atom is 0.164 e. The van der Waals surface area contributed by atoms with Crippen LogP contribution in [0.5, 0.6) is 0 Å². The summed E-state index contributed by atoms with van der Waals surface area (Å²) in [5.74, 6) is 3.34. The third-order valence-electron chi connectivity index (χ3n) is 9.65. The molecule has 0 radical (unpaired) electrons. The monoisotopic (exact) mass is 631 g/mol. The van der Waals surface area contributed by atoms with E-state index in [4.69, 9.17) is 19.4 Å². The summed E-state index contributed by atoms with van der Waals surface area (Å²) in [5.41, 5.74) is 10.1. The summed E-state index contributed by atoms with van der Waals surface area (Å²) in [5, 5.41) is 1.08. The van der Waals surface area contributed by atoms with Crippen molar-refractivity contribution >= 4 is 17.0 Å². The molecule has 0 spiro atoms. The second-order valence-electron chi connectivity index (χ2n) is 12.7. The predicted octanol–water partition coefficient (Wildman–Crippen LogP) is 11.2. The van der Waals surface area contributed by atoms with Gasteiger partial charge in [0.1, 0.15) is 17.2 Å². The van der Waals surface area contributed by atoms with Crippen molar-refractivity contribution < 1.29 is 4.42 Å². The molecule has 0 bridgehead atoms. The largest absolute Gasteiger partial charge is 0.456 e. The minimum Gasteiger partial charge on any atom is -0.456 e. The van der Waals surface area contributed by atoms with Gasteiger partial charge in [0.25, 0.3) is 0 Å². The third kappa shape index (κ3) is 5.62. The Balaban J connectivity index is 1.11. The summed E-state index contributed by atoms with van der Waals surface area (Å²) in [6, 6.07) is 44.6. The molecule has 2 heterocycles. The topological polar surface area (TPSA) is 51.8 Å². The summed E-state index contributed by atoms with van der Waals surface area (Å²) in [6.45, 7) is 0. The maximum absolute atomic E-state index is 6.45. The Morgan fingerprint density at radius 3 is 1.88 bits per heavy atom. The lowest BCUT2D eigenvalue weighted by Crippen LogP contribution is -2.08. The summed E-state index contributed by atoms with van der Waals surface area (Å²) in [4.78, 5) is 15.3. The molecule has 7 aromatic rings. The standard InChI is InChI=1S/C45H33N3O/c1-4-11-30(12-5-1)32-19-21-34(22-20-32)37-27-28-40-39(29-37)42-38(17-10-18-41(42)49-40)45-47-43(35-15-8-3-9-16-35)46-44(48-45)36-25-23-33(24-26-36)31-13-6-2-7-14-31/h1-15,17-28,35,37H,16,29H2. The zero-order valence-corrected chi connectivity index (χ0v) is 26.9. The van der Waals surface area contributed by atoms with Gasteiger partial charge in [-0.15, -0.1) is 0 Å². The Bertz CT molecular complexity index is 2370. The summed E-state index contributed by atoms with van der Waals surface area (Å²) in [6.07, 6.45) is 14.6. The Morgan fingerprint density at radius 2 is 1.18 bits per heavy atom. The molecule has 0 N–H and O–H groups in total. The van der Waals surface area contributed by atoms with E-state index in [9.17, 15) is 0 Å². The van der Waals surface area contributed by atoms with E-state index >= 15 is 0 Å². The number of aromatic nitrogens is 3. The number of hydrogen-bond acceptors (Lipinski definition) is 4. The fourth-order valence-corrected chi connectivity index (χ4v) is 7.05. The van der Waals surface area contributed by atoms with Crippen molar-refractivity contribution in [2.24, 2.45) is 0 Å². The van der Waals surface area contributed by atoms with Crippen molar-refractivity contribution in [1.82, 2.24) is 15.0 Å². The van der Waals surface area contributed by atoms with Crippen LogP contribution in [0.15, 0.2) is 162 Å². The fraction of sp³-hybridized carbons (Fsp3) is 0.0889. The Morgan fingerprint density at radius 1 is 0.531 bits per heavy atom. The van der Waals surface area contributed by atoms with Gasteiger partial charge in [0.05, 0.1) is 0 Å². The van der Waals surface area contributed by atoms with Gasteiger partial charge in [0, 0.05) is 33.9 Å². The molecule has 2 aliphatic carbocycles. The highest BCUT2D eigenvalue weighted by Gasteiger charge is 2.25.